The van der Waals surface area contributed by atoms with Gasteiger partial charge in [0.15, 0.2) is 11.8 Å². The van der Waals surface area contributed by atoms with E-state index in [1.807, 2.05) is 30.3 Å². The lowest BCUT2D eigenvalue weighted by molar-refractivity contribution is 0.743. The molecular weight excluding hydrogens is 497 g/mol. The number of thioether (sulfide) groups is 1. The van der Waals surface area contributed by atoms with Crippen molar-refractivity contribution in [3.8, 4) is 0 Å². The van der Waals surface area contributed by atoms with Crippen molar-refractivity contribution in [3.05, 3.63) is 47.7 Å². The van der Waals surface area contributed by atoms with Gasteiger partial charge < -0.3 is 20.2 Å². The van der Waals surface area contributed by atoms with Gasteiger partial charge >= 0.3 is 0 Å². The summed E-state index contributed by atoms with van der Waals surface area (Å²) < 4.78 is 1.97. The minimum Gasteiger partial charge on any atom is -0.361 e. The molecule has 0 saturated heterocycles. The van der Waals surface area contributed by atoms with E-state index in [0.717, 1.165) is 49.3 Å². The average molecular weight is 527 g/mol. The molecule has 2 heterocycles. The molecule has 29 heavy (non-hydrogen) atoms. The zero-order chi connectivity index (χ0) is 19.8. The first kappa shape index (κ1) is 23.5. The Morgan fingerprint density at radius 1 is 1.21 bits per heavy atom. The molecule has 3 N–H and O–H groups in total. The fraction of sp³-hybridized carbons (Fsp3) is 0.450. The number of hydrogen-bond donors (Lipinski definition) is 3. The highest BCUT2D eigenvalue weighted by Gasteiger charge is 2.06. The Bertz CT molecular complexity index is 919. The van der Waals surface area contributed by atoms with E-state index in [4.69, 9.17) is 4.99 Å². The molecule has 158 valence electrons. The number of nitrogens with one attached hydrogen (secondary N) is 3. The second kappa shape index (κ2) is 12.1. The monoisotopic (exact) mass is 527 g/mol. The number of aromatic amines is 1. The van der Waals surface area contributed by atoms with E-state index in [0.29, 0.717) is 6.54 Å². The smallest absolute Gasteiger partial charge is 0.191 e. The van der Waals surface area contributed by atoms with Crippen molar-refractivity contribution in [1.82, 2.24) is 30.4 Å². The van der Waals surface area contributed by atoms with Crippen LogP contribution in [0, 0.1) is 6.92 Å². The zero-order valence-electron chi connectivity index (χ0n) is 17.2. The molecule has 2 aromatic heterocycles. The molecule has 0 radical (unpaired) electrons. The van der Waals surface area contributed by atoms with E-state index in [-0.39, 0.29) is 24.0 Å². The van der Waals surface area contributed by atoms with Crippen molar-refractivity contribution in [2.45, 2.75) is 26.3 Å². The number of benzene rings is 1. The Balaban J connectivity index is 0.00000300. The minimum absolute atomic E-state index is 0. The fourth-order valence-corrected chi connectivity index (χ4v) is 3.42. The van der Waals surface area contributed by atoms with Gasteiger partial charge in [-0.25, -0.2) is 4.99 Å². The summed E-state index contributed by atoms with van der Waals surface area (Å²) >= 11 is 1.86. The molecule has 0 aliphatic heterocycles. The van der Waals surface area contributed by atoms with Gasteiger partial charge in [-0.3, -0.25) is 0 Å². The number of aryl methyl sites for hydroxylation is 1. The van der Waals surface area contributed by atoms with E-state index in [2.05, 4.69) is 62.5 Å². The predicted molar refractivity (Wildman–Crippen MR) is 133 cm³/mol. The third-order valence-corrected chi connectivity index (χ3v) is 5.44. The van der Waals surface area contributed by atoms with Crippen LogP contribution in [-0.2, 0) is 20.0 Å². The number of fused-ring (bicyclic) bond motifs is 1. The molecule has 0 aliphatic rings. The van der Waals surface area contributed by atoms with E-state index >= 15 is 0 Å². The molecular formula is C20H30IN7S. The molecule has 0 spiro atoms. The fourth-order valence-electron chi connectivity index (χ4n) is 2.99. The van der Waals surface area contributed by atoms with Crippen molar-refractivity contribution >= 4 is 52.6 Å². The summed E-state index contributed by atoms with van der Waals surface area (Å²) in [7, 11) is 1.97. The van der Waals surface area contributed by atoms with Crippen molar-refractivity contribution in [2.75, 3.05) is 25.1 Å². The third-order valence-electron chi connectivity index (χ3n) is 4.74. The molecule has 3 aromatic rings. The number of guanidine groups is 1. The van der Waals surface area contributed by atoms with E-state index < -0.39 is 0 Å². The summed E-state index contributed by atoms with van der Waals surface area (Å²) in [6.07, 6.45) is 6.26. The first-order chi connectivity index (χ1) is 13.7. The summed E-state index contributed by atoms with van der Waals surface area (Å²) in [5.41, 5.74) is 2.49. The van der Waals surface area contributed by atoms with Crippen molar-refractivity contribution in [1.29, 1.82) is 0 Å². The number of rotatable bonds is 9. The maximum atomic E-state index is 4.70. The Labute approximate surface area is 193 Å². The van der Waals surface area contributed by atoms with Crippen LogP contribution in [0.2, 0.25) is 0 Å². The molecule has 0 aliphatic carbocycles. The van der Waals surface area contributed by atoms with Gasteiger partial charge in [-0.15, -0.1) is 34.2 Å². The van der Waals surface area contributed by atoms with Crippen LogP contribution in [0.25, 0.3) is 10.9 Å². The van der Waals surface area contributed by atoms with E-state index in [1.54, 1.807) is 0 Å². The summed E-state index contributed by atoms with van der Waals surface area (Å²) in [6.45, 7) is 4.16. The molecule has 1 aromatic carbocycles. The standard InChI is InChI=1S/C20H29N7S.HI/c1-15-25-26-19(27(15)2)14-24-20(21-10-6-12-28-3)22-11-9-16-13-23-18-8-5-4-7-17(16)18;/h4-5,7-8,13,23H,6,9-12,14H2,1-3H3,(H2,21,22,24);1H. The topological polar surface area (TPSA) is 82.9 Å². The lowest BCUT2D eigenvalue weighted by Gasteiger charge is -2.12. The lowest BCUT2D eigenvalue weighted by Crippen LogP contribution is -2.39. The van der Waals surface area contributed by atoms with Crippen LogP contribution < -0.4 is 10.6 Å². The van der Waals surface area contributed by atoms with Gasteiger partial charge in [0.2, 0.25) is 0 Å². The van der Waals surface area contributed by atoms with Gasteiger partial charge in [0.25, 0.3) is 0 Å². The second-order valence-corrected chi connectivity index (χ2v) is 7.68. The summed E-state index contributed by atoms with van der Waals surface area (Å²) in [5, 5.41) is 16.5. The van der Waals surface area contributed by atoms with Crippen LogP contribution in [0.4, 0.5) is 0 Å². The highest BCUT2D eigenvalue weighted by molar-refractivity contribution is 14.0. The molecule has 0 unspecified atom stereocenters. The number of para-hydroxylation sites is 1. The Kier molecular flexibility index (Phi) is 9.79. The van der Waals surface area contributed by atoms with Crippen LogP contribution in [0.5, 0.6) is 0 Å². The largest absolute Gasteiger partial charge is 0.361 e. The number of aromatic nitrogens is 4. The van der Waals surface area contributed by atoms with E-state index in [1.165, 1.54) is 16.5 Å². The normalized spacial score (nSPS) is 11.5. The molecule has 9 heteroatoms. The second-order valence-electron chi connectivity index (χ2n) is 6.70. The first-order valence-corrected chi connectivity index (χ1v) is 11.0. The van der Waals surface area contributed by atoms with Crippen LogP contribution in [0.15, 0.2) is 35.5 Å². The SMILES string of the molecule is CSCCCNC(=NCc1nnc(C)n1C)NCCc1c[nH]c2ccccc12.I. The zero-order valence-corrected chi connectivity index (χ0v) is 20.4. The van der Waals surface area contributed by atoms with Crippen LogP contribution >= 0.6 is 35.7 Å². The molecule has 3 rings (SSSR count). The van der Waals surface area contributed by atoms with Gasteiger partial charge in [0.1, 0.15) is 12.4 Å². The third kappa shape index (κ3) is 6.63. The van der Waals surface area contributed by atoms with E-state index in [9.17, 15) is 0 Å². The number of aliphatic imine (C=N–C) groups is 1. The van der Waals surface area contributed by atoms with Gasteiger partial charge in [0.05, 0.1) is 0 Å². The molecule has 7 nitrogen and oxygen atoms in total. The summed E-state index contributed by atoms with van der Waals surface area (Å²) in [6, 6.07) is 8.40. The summed E-state index contributed by atoms with van der Waals surface area (Å²) in [4.78, 5) is 8.04. The van der Waals surface area contributed by atoms with Crippen molar-refractivity contribution in [3.63, 3.8) is 0 Å². The average Bonchev–Trinajstić information content (AvgIpc) is 3.26. The first-order valence-electron chi connectivity index (χ1n) is 9.60. The number of halogens is 1. The lowest BCUT2D eigenvalue weighted by atomic mass is 10.1. The Hall–Kier alpha value is -1.75. The number of hydrogen-bond acceptors (Lipinski definition) is 4. The highest BCUT2D eigenvalue weighted by atomic mass is 127. The molecule has 0 atom stereocenters. The van der Waals surface area contributed by atoms with Crippen molar-refractivity contribution < 1.29 is 0 Å². The summed E-state index contributed by atoms with van der Waals surface area (Å²) in [5.74, 6) is 3.71. The Morgan fingerprint density at radius 2 is 2.00 bits per heavy atom. The van der Waals surface area contributed by atoms with Gasteiger partial charge in [0, 0.05) is 37.2 Å². The van der Waals surface area contributed by atoms with Gasteiger partial charge in [-0.05, 0) is 43.4 Å². The maximum Gasteiger partial charge on any atom is 0.191 e. The molecule has 0 saturated carbocycles. The number of nitrogens with zero attached hydrogens (tertiary/aromatic N) is 4. The quantitative estimate of drug-likeness (QED) is 0.172. The van der Waals surface area contributed by atoms with Crippen LogP contribution in [0.1, 0.15) is 23.6 Å². The highest BCUT2D eigenvalue weighted by Crippen LogP contribution is 2.17. The van der Waals surface area contributed by atoms with Gasteiger partial charge in [-0.1, -0.05) is 18.2 Å². The van der Waals surface area contributed by atoms with Gasteiger partial charge in [-0.2, -0.15) is 11.8 Å². The molecule has 0 amide bonds. The minimum atomic E-state index is 0. The number of H-pyrrole nitrogens is 1. The Morgan fingerprint density at radius 3 is 2.76 bits per heavy atom. The molecule has 0 fully saturated rings. The van der Waals surface area contributed by atoms with Crippen LogP contribution in [0.3, 0.4) is 0 Å². The van der Waals surface area contributed by atoms with Crippen LogP contribution in [-0.4, -0.2) is 50.8 Å². The predicted octanol–water partition coefficient (Wildman–Crippen LogP) is 3.25. The molecule has 0 bridgehead atoms. The maximum absolute atomic E-state index is 4.70. The van der Waals surface area contributed by atoms with Crippen molar-refractivity contribution in [2.24, 2.45) is 12.0 Å².